The number of aryl methyl sites for hydroxylation is 1. The minimum Gasteiger partial charge on any atom is -0.356 e. The summed E-state index contributed by atoms with van der Waals surface area (Å²) in [7, 11) is 1.76. The molecule has 3 fully saturated rings. The normalized spacial score (nSPS) is 27.1. The lowest BCUT2D eigenvalue weighted by atomic mass is 9.96. The molecule has 6 heteroatoms. The third kappa shape index (κ3) is 4.08. The van der Waals surface area contributed by atoms with E-state index in [4.69, 9.17) is 4.74 Å². The second kappa shape index (κ2) is 7.84. The third-order valence-electron chi connectivity index (χ3n) is 6.51. The van der Waals surface area contributed by atoms with E-state index in [1.807, 2.05) is 31.2 Å². The van der Waals surface area contributed by atoms with Crippen LogP contribution in [-0.2, 0) is 14.3 Å². The molecule has 2 heterocycles. The Hall–Kier alpha value is -1.92. The average molecular weight is 386 g/mol. The molecule has 0 aromatic heterocycles. The van der Waals surface area contributed by atoms with Gasteiger partial charge in [0.1, 0.15) is 6.61 Å². The summed E-state index contributed by atoms with van der Waals surface area (Å²) in [4.78, 5) is 29.4. The first-order valence-corrected chi connectivity index (χ1v) is 10.4. The zero-order valence-electron chi connectivity index (χ0n) is 16.9. The first-order chi connectivity index (χ1) is 13.5. The zero-order valence-corrected chi connectivity index (χ0v) is 16.9. The van der Waals surface area contributed by atoms with Gasteiger partial charge >= 0.3 is 0 Å². The molecular weight excluding hydrogens is 354 g/mol. The van der Waals surface area contributed by atoms with Crippen molar-refractivity contribution in [3.8, 4) is 0 Å². The zero-order chi connectivity index (χ0) is 19.7. The summed E-state index contributed by atoms with van der Waals surface area (Å²) in [6, 6.07) is 7.58. The molecule has 0 spiro atoms. The highest BCUT2D eigenvalue weighted by atomic mass is 16.5. The van der Waals surface area contributed by atoms with Crippen molar-refractivity contribution in [2.24, 2.45) is 5.41 Å². The molecular formula is C22H31N3O3. The molecule has 2 unspecified atom stereocenters. The van der Waals surface area contributed by atoms with E-state index in [0.717, 1.165) is 17.7 Å². The lowest BCUT2D eigenvalue weighted by Gasteiger charge is -2.38. The van der Waals surface area contributed by atoms with E-state index in [1.54, 1.807) is 11.9 Å². The monoisotopic (exact) mass is 385 g/mol. The Morgan fingerprint density at radius 1 is 1.21 bits per heavy atom. The van der Waals surface area contributed by atoms with E-state index in [9.17, 15) is 9.59 Å². The highest BCUT2D eigenvalue weighted by Crippen LogP contribution is 2.46. The number of likely N-dealkylation sites (N-methyl/N-ethyl adjacent to an activating group) is 1. The number of rotatable bonds is 6. The molecule has 2 aliphatic heterocycles. The van der Waals surface area contributed by atoms with Gasteiger partial charge in [-0.05, 0) is 51.3 Å². The van der Waals surface area contributed by atoms with E-state index in [-0.39, 0.29) is 23.8 Å². The van der Waals surface area contributed by atoms with Gasteiger partial charge in [0.15, 0.2) is 6.10 Å². The number of hydrogen-bond donors (Lipinski definition) is 1. The Bertz CT molecular complexity index is 723. The van der Waals surface area contributed by atoms with Gasteiger partial charge < -0.3 is 19.9 Å². The van der Waals surface area contributed by atoms with Gasteiger partial charge in [-0.25, -0.2) is 0 Å². The standard InChI is InChI=1S/C22H31N3O3/c1-16-5-7-17(8-6-16)19-20(28-13-18(26)24(19)2)21(27)23-14-22(9-10-22)15-25-11-3-4-12-25/h5-8,19-20H,3-4,9-15H2,1-2H3,(H,23,27). The summed E-state index contributed by atoms with van der Waals surface area (Å²) in [5, 5.41) is 3.15. The number of morpholine rings is 1. The van der Waals surface area contributed by atoms with Crippen molar-refractivity contribution in [3.63, 3.8) is 0 Å². The molecule has 1 aromatic rings. The van der Waals surface area contributed by atoms with Crippen LogP contribution in [0.2, 0.25) is 0 Å². The summed E-state index contributed by atoms with van der Waals surface area (Å²) in [6.45, 7) is 6.12. The number of nitrogens with one attached hydrogen (secondary N) is 1. The predicted molar refractivity (Wildman–Crippen MR) is 107 cm³/mol. The molecule has 1 N–H and O–H groups in total. The van der Waals surface area contributed by atoms with Crippen LogP contribution < -0.4 is 5.32 Å². The van der Waals surface area contributed by atoms with Gasteiger partial charge in [-0.3, -0.25) is 9.59 Å². The molecule has 1 aromatic carbocycles. The van der Waals surface area contributed by atoms with Crippen LogP contribution in [0.25, 0.3) is 0 Å². The van der Waals surface area contributed by atoms with Gasteiger partial charge in [0, 0.05) is 25.6 Å². The largest absolute Gasteiger partial charge is 0.356 e. The molecule has 2 amide bonds. The van der Waals surface area contributed by atoms with E-state index in [0.29, 0.717) is 6.54 Å². The average Bonchev–Trinajstić information content (AvgIpc) is 3.26. The van der Waals surface area contributed by atoms with Crippen molar-refractivity contribution in [1.29, 1.82) is 0 Å². The predicted octanol–water partition coefficient (Wildman–Crippen LogP) is 1.89. The first-order valence-electron chi connectivity index (χ1n) is 10.4. The van der Waals surface area contributed by atoms with Gasteiger partial charge in [-0.2, -0.15) is 0 Å². The third-order valence-corrected chi connectivity index (χ3v) is 6.51. The Morgan fingerprint density at radius 3 is 2.54 bits per heavy atom. The van der Waals surface area contributed by atoms with E-state index < -0.39 is 12.1 Å². The van der Waals surface area contributed by atoms with Crippen molar-refractivity contribution in [2.45, 2.75) is 44.8 Å². The molecule has 152 valence electrons. The summed E-state index contributed by atoms with van der Waals surface area (Å²) >= 11 is 0. The second-order valence-corrected chi connectivity index (χ2v) is 8.79. The fraction of sp³-hybridized carbons (Fsp3) is 0.636. The number of benzene rings is 1. The van der Waals surface area contributed by atoms with Crippen LogP contribution in [0.4, 0.5) is 0 Å². The lowest BCUT2D eigenvalue weighted by Crippen LogP contribution is -2.53. The van der Waals surface area contributed by atoms with Crippen LogP contribution >= 0.6 is 0 Å². The Kier molecular flexibility index (Phi) is 5.43. The van der Waals surface area contributed by atoms with Crippen LogP contribution in [-0.4, -0.2) is 67.6 Å². The van der Waals surface area contributed by atoms with Crippen LogP contribution in [0.15, 0.2) is 24.3 Å². The molecule has 6 nitrogen and oxygen atoms in total. The molecule has 0 bridgehead atoms. The van der Waals surface area contributed by atoms with Crippen LogP contribution in [0, 0.1) is 12.3 Å². The molecule has 3 aliphatic rings. The maximum Gasteiger partial charge on any atom is 0.251 e. The Labute approximate surface area is 167 Å². The minimum atomic E-state index is -0.673. The van der Waals surface area contributed by atoms with Crippen LogP contribution in [0.3, 0.4) is 0 Å². The number of ether oxygens (including phenoxy) is 1. The van der Waals surface area contributed by atoms with Crippen molar-refractivity contribution in [1.82, 2.24) is 15.1 Å². The van der Waals surface area contributed by atoms with E-state index in [2.05, 4.69) is 10.2 Å². The molecule has 28 heavy (non-hydrogen) atoms. The number of amides is 2. The SMILES string of the molecule is Cc1ccc(C2C(C(=O)NCC3(CN4CCCC4)CC3)OCC(=O)N2C)cc1. The fourth-order valence-corrected chi connectivity index (χ4v) is 4.45. The van der Waals surface area contributed by atoms with Gasteiger partial charge in [-0.15, -0.1) is 0 Å². The van der Waals surface area contributed by atoms with Crippen LogP contribution in [0.5, 0.6) is 0 Å². The molecule has 1 aliphatic carbocycles. The maximum absolute atomic E-state index is 13.0. The second-order valence-electron chi connectivity index (χ2n) is 8.79. The summed E-state index contributed by atoms with van der Waals surface area (Å²) < 4.78 is 5.73. The maximum atomic E-state index is 13.0. The lowest BCUT2D eigenvalue weighted by molar-refractivity contribution is -0.162. The first kappa shape index (κ1) is 19.4. The highest BCUT2D eigenvalue weighted by Gasteiger charge is 2.46. The number of carbonyl (C=O) groups is 2. The van der Waals surface area contributed by atoms with Crippen LogP contribution in [0.1, 0.15) is 42.9 Å². The molecule has 0 radical (unpaired) electrons. The molecule has 2 atom stereocenters. The smallest absolute Gasteiger partial charge is 0.251 e. The number of likely N-dealkylation sites (tertiary alicyclic amines) is 1. The summed E-state index contributed by atoms with van der Waals surface area (Å²) in [5.74, 6) is -0.208. The number of nitrogens with zero attached hydrogens (tertiary/aromatic N) is 2. The van der Waals surface area contributed by atoms with Crippen molar-refractivity contribution >= 4 is 11.8 Å². The quantitative estimate of drug-likeness (QED) is 0.812. The van der Waals surface area contributed by atoms with Crippen molar-refractivity contribution < 1.29 is 14.3 Å². The van der Waals surface area contributed by atoms with Gasteiger partial charge in [-0.1, -0.05) is 29.8 Å². The van der Waals surface area contributed by atoms with Gasteiger partial charge in [0.25, 0.3) is 5.91 Å². The molecule has 2 saturated heterocycles. The Balaban J connectivity index is 1.42. The molecule has 4 rings (SSSR count). The van der Waals surface area contributed by atoms with Crippen molar-refractivity contribution in [3.05, 3.63) is 35.4 Å². The van der Waals surface area contributed by atoms with Gasteiger partial charge in [0.05, 0.1) is 6.04 Å². The summed E-state index contributed by atoms with van der Waals surface area (Å²) in [5.41, 5.74) is 2.31. The fourth-order valence-electron chi connectivity index (χ4n) is 4.45. The topological polar surface area (TPSA) is 61.9 Å². The van der Waals surface area contributed by atoms with E-state index in [1.165, 1.54) is 38.8 Å². The van der Waals surface area contributed by atoms with Gasteiger partial charge in [0.2, 0.25) is 5.91 Å². The van der Waals surface area contributed by atoms with Crippen molar-refractivity contribution in [2.75, 3.05) is 39.8 Å². The summed E-state index contributed by atoms with van der Waals surface area (Å²) in [6.07, 6.45) is 4.26. The number of hydrogen-bond acceptors (Lipinski definition) is 4. The number of carbonyl (C=O) groups excluding carboxylic acids is 2. The van der Waals surface area contributed by atoms with E-state index >= 15 is 0 Å². The minimum absolute atomic E-state index is 0.0458. The molecule has 1 saturated carbocycles. The Morgan fingerprint density at radius 2 is 1.89 bits per heavy atom. The highest BCUT2D eigenvalue weighted by molar-refractivity contribution is 5.86.